The van der Waals surface area contributed by atoms with Crippen LogP contribution >= 0.6 is 0 Å². The largest absolute Gasteiger partial charge is 0.508 e. The first-order valence-corrected chi connectivity index (χ1v) is 10.9. The molecule has 4 atom stereocenters. The Bertz CT molecular complexity index is 906. The Balaban J connectivity index is 3.15. The van der Waals surface area contributed by atoms with E-state index >= 15 is 0 Å². The summed E-state index contributed by atoms with van der Waals surface area (Å²) in [4.78, 5) is 60.7. The molecular weight excluding hydrogens is 462 g/mol. The van der Waals surface area contributed by atoms with Crippen molar-refractivity contribution in [1.29, 1.82) is 0 Å². The summed E-state index contributed by atoms with van der Waals surface area (Å²) in [6, 6.07) is 0.585. The number of primary amides is 1. The van der Waals surface area contributed by atoms with Crippen LogP contribution in [-0.4, -0.2) is 75.7 Å². The molecule has 0 spiro atoms. The number of phenolic OH excluding ortho intramolecular Hbond substituents is 1. The predicted octanol–water partition coefficient (Wildman–Crippen LogP) is -2.29. The number of hydrogen-bond acceptors (Lipinski definition) is 8. The third-order valence-corrected chi connectivity index (χ3v) is 5.14. The topological polar surface area (TPSA) is 234 Å². The van der Waals surface area contributed by atoms with Gasteiger partial charge in [-0.05, 0) is 30.0 Å². The van der Waals surface area contributed by atoms with Gasteiger partial charge < -0.3 is 42.7 Å². The van der Waals surface area contributed by atoms with Crippen LogP contribution in [0.4, 0.5) is 0 Å². The van der Waals surface area contributed by atoms with Crippen molar-refractivity contribution in [2.45, 2.75) is 57.3 Å². The fourth-order valence-corrected chi connectivity index (χ4v) is 2.93. The second kappa shape index (κ2) is 13.9. The van der Waals surface area contributed by atoms with Crippen molar-refractivity contribution in [2.75, 3.05) is 6.61 Å². The van der Waals surface area contributed by atoms with E-state index in [9.17, 15) is 34.2 Å². The van der Waals surface area contributed by atoms with Crippen LogP contribution < -0.4 is 27.4 Å². The summed E-state index contributed by atoms with van der Waals surface area (Å²) in [6.45, 7) is 2.53. The molecule has 10 N–H and O–H groups in total. The number of benzene rings is 1. The summed E-state index contributed by atoms with van der Waals surface area (Å²) in [6.07, 6.45) is -0.521. The van der Waals surface area contributed by atoms with Gasteiger partial charge in [0.2, 0.25) is 23.6 Å². The summed E-state index contributed by atoms with van der Waals surface area (Å²) in [7, 11) is 0. The molecule has 0 bridgehead atoms. The number of aliphatic hydroxyl groups is 1. The van der Waals surface area contributed by atoms with E-state index in [-0.39, 0.29) is 30.9 Å². The summed E-state index contributed by atoms with van der Waals surface area (Å²) < 4.78 is 0. The van der Waals surface area contributed by atoms with Crippen molar-refractivity contribution in [3.63, 3.8) is 0 Å². The lowest BCUT2D eigenvalue weighted by atomic mass is 10.0. The van der Waals surface area contributed by atoms with Gasteiger partial charge in [-0.1, -0.05) is 26.0 Å². The normalized spacial score (nSPS) is 14.3. The number of nitrogens with two attached hydrogens (primary N) is 2. The molecule has 1 rings (SSSR count). The number of nitrogens with one attached hydrogen (secondary N) is 3. The minimum absolute atomic E-state index is 0.0271. The van der Waals surface area contributed by atoms with E-state index in [2.05, 4.69) is 16.0 Å². The second-order valence-electron chi connectivity index (χ2n) is 8.35. The quantitative estimate of drug-likeness (QED) is 0.138. The van der Waals surface area contributed by atoms with Crippen LogP contribution in [-0.2, 0) is 30.4 Å². The molecule has 0 aliphatic carbocycles. The molecule has 1 aromatic carbocycles. The van der Waals surface area contributed by atoms with Gasteiger partial charge in [-0.2, -0.15) is 0 Å². The molecule has 0 aliphatic rings. The summed E-state index contributed by atoms with van der Waals surface area (Å²) in [5, 5.41) is 34.9. The number of carboxylic acids is 1. The number of carboxylic acid groups (broad SMARTS) is 1. The van der Waals surface area contributed by atoms with Crippen LogP contribution in [0.25, 0.3) is 0 Å². The maximum atomic E-state index is 13.0. The second-order valence-corrected chi connectivity index (χ2v) is 8.35. The van der Waals surface area contributed by atoms with E-state index in [4.69, 9.17) is 16.6 Å². The number of aliphatic hydroxyl groups excluding tert-OH is 1. The highest BCUT2D eigenvalue weighted by Crippen LogP contribution is 2.12. The average molecular weight is 496 g/mol. The fourth-order valence-electron chi connectivity index (χ4n) is 2.93. The Kier molecular flexibility index (Phi) is 11.6. The van der Waals surface area contributed by atoms with Crippen molar-refractivity contribution in [2.24, 2.45) is 17.4 Å². The molecule has 0 aliphatic heterocycles. The molecule has 0 heterocycles. The van der Waals surface area contributed by atoms with Crippen LogP contribution in [0.15, 0.2) is 24.3 Å². The van der Waals surface area contributed by atoms with Gasteiger partial charge in [0.1, 0.15) is 23.9 Å². The van der Waals surface area contributed by atoms with Crippen LogP contribution in [0, 0.1) is 5.92 Å². The molecule has 0 aromatic heterocycles. The fraction of sp³-hybridized carbons (Fsp3) is 0.500. The Labute approximate surface area is 202 Å². The van der Waals surface area contributed by atoms with Crippen molar-refractivity contribution in [3.05, 3.63) is 29.8 Å². The SMILES string of the molecule is CC(C)C(N)C(=O)NC(CCC(N)=O)C(=O)NC(Cc1ccc(O)cc1)C(=O)NC(CO)C(=O)O. The monoisotopic (exact) mass is 495 g/mol. The Morgan fingerprint density at radius 1 is 0.886 bits per heavy atom. The molecule has 13 heteroatoms. The highest BCUT2D eigenvalue weighted by atomic mass is 16.4. The van der Waals surface area contributed by atoms with Gasteiger partial charge >= 0.3 is 5.97 Å². The molecule has 13 nitrogen and oxygen atoms in total. The van der Waals surface area contributed by atoms with Crippen LogP contribution in [0.3, 0.4) is 0 Å². The van der Waals surface area contributed by atoms with Gasteiger partial charge in [0.05, 0.1) is 12.6 Å². The van der Waals surface area contributed by atoms with E-state index in [1.165, 1.54) is 24.3 Å². The molecular formula is C22H33N5O8. The van der Waals surface area contributed by atoms with Crippen molar-refractivity contribution in [1.82, 2.24) is 16.0 Å². The molecule has 4 unspecified atom stereocenters. The molecule has 1 aromatic rings. The summed E-state index contributed by atoms with van der Waals surface area (Å²) in [5.74, 6) is -4.84. The molecule has 0 saturated carbocycles. The zero-order valence-corrected chi connectivity index (χ0v) is 19.6. The third-order valence-electron chi connectivity index (χ3n) is 5.14. The highest BCUT2D eigenvalue weighted by Gasteiger charge is 2.31. The minimum atomic E-state index is -1.61. The molecule has 0 radical (unpaired) electrons. The van der Waals surface area contributed by atoms with Gasteiger partial charge in [-0.3, -0.25) is 19.2 Å². The Morgan fingerprint density at radius 3 is 1.89 bits per heavy atom. The standard InChI is InChI=1S/C22H33N5O8/c1-11(2)18(24)21(33)25-14(7-8-17(23)30)19(31)26-15(9-12-3-5-13(29)6-4-12)20(32)27-16(10-28)22(34)35/h3-6,11,14-16,18,28-29H,7-10,24H2,1-2H3,(H2,23,30)(H,25,33)(H,26,31)(H,27,32)(H,34,35). The number of carbonyl (C=O) groups is 5. The van der Waals surface area contributed by atoms with Gasteiger partial charge in [0.25, 0.3) is 0 Å². The number of carbonyl (C=O) groups excluding carboxylic acids is 4. The van der Waals surface area contributed by atoms with Gasteiger partial charge in [-0.15, -0.1) is 0 Å². The van der Waals surface area contributed by atoms with Gasteiger partial charge in [-0.25, -0.2) is 4.79 Å². The number of phenols is 1. The van der Waals surface area contributed by atoms with E-state index in [0.717, 1.165) is 0 Å². The predicted molar refractivity (Wildman–Crippen MR) is 124 cm³/mol. The number of amides is 4. The first-order chi connectivity index (χ1) is 16.3. The zero-order valence-electron chi connectivity index (χ0n) is 19.6. The number of aliphatic carboxylic acids is 1. The zero-order chi connectivity index (χ0) is 26.7. The number of aromatic hydroxyl groups is 1. The average Bonchev–Trinajstić information content (AvgIpc) is 2.79. The van der Waals surface area contributed by atoms with E-state index < -0.39 is 60.4 Å². The Morgan fingerprint density at radius 2 is 1.40 bits per heavy atom. The maximum Gasteiger partial charge on any atom is 0.328 e. The van der Waals surface area contributed by atoms with Crippen molar-refractivity contribution in [3.8, 4) is 5.75 Å². The van der Waals surface area contributed by atoms with Crippen LogP contribution in [0.5, 0.6) is 5.75 Å². The first-order valence-electron chi connectivity index (χ1n) is 10.9. The third kappa shape index (κ3) is 9.98. The van der Waals surface area contributed by atoms with Crippen LogP contribution in [0.2, 0.25) is 0 Å². The lowest BCUT2D eigenvalue weighted by Crippen LogP contribution is -2.58. The van der Waals surface area contributed by atoms with Crippen molar-refractivity contribution < 1.29 is 39.3 Å². The summed E-state index contributed by atoms with van der Waals surface area (Å²) in [5.41, 5.74) is 11.5. The van der Waals surface area contributed by atoms with Crippen LogP contribution in [0.1, 0.15) is 32.3 Å². The number of rotatable bonds is 14. The summed E-state index contributed by atoms with van der Waals surface area (Å²) >= 11 is 0. The minimum Gasteiger partial charge on any atom is -0.508 e. The van der Waals surface area contributed by atoms with E-state index in [1.54, 1.807) is 13.8 Å². The lowest BCUT2D eigenvalue weighted by Gasteiger charge is -2.25. The van der Waals surface area contributed by atoms with Gasteiger partial charge in [0.15, 0.2) is 0 Å². The van der Waals surface area contributed by atoms with E-state index in [0.29, 0.717) is 5.56 Å². The Hall–Kier alpha value is -3.71. The molecule has 0 fully saturated rings. The van der Waals surface area contributed by atoms with E-state index in [1.807, 2.05) is 0 Å². The highest BCUT2D eigenvalue weighted by molar-refractivity contribution is 5.94. The smallest absolute Gasteiger partial charge is 0.328 e. The number of hydrogen-bond donors (Lipinski definition) is 8. The molecule has 194 valence electrons. The molecule has 4 amide bonds. The first kappa shape index (κ1) is 29.3. The van der Waals surface area contributed by atoms with Crippen molar-refractivity contribution >= 4 is 29.6 Å². The molecule has 35 heavy (non-hydrogen) atoms. The maximum absolute atomic E-state index is 13.0. The lowest BCUT2D eigenvalue weighted by molar-refractivity contribution is -0.143. The van der Waals surface area contributed by atoms with Gasteiger partial charge in [0, 0.05) is 12.8 Å². The molecule has 0 saturated heterocycles.